The number of hydrogen-bond acceptors (Lipinski definition) is 2. The first-order chi connectivity index (χ1) is 9.61. The van der Waals surface area contributed by atoms with Gasteiger partial charge < -0.3 is 5.32 Å². The molecule has 2 aromatic rings. The monoisotopic (exact) mass is 304 g/mol. The van der Waals surface area contributed by atoms with Gasteiger partial charge in [0, 0.05) is 28.2 Å². The largest absolute Gasteiger partial charge is 0.306 e. The number of nitriles is 1. The van der Waals surface area contributed by atoms with Crippen LogP contribution in [-0.2, 0) is 6.54 Å². The Labute approximate surface area is 128 Å². The lowest BCUT2D eigenvalue weighted by atomic mass is 10.1. The predicted octanol–water partition coefficient (Wildman–Crippen LogP) is 4.72. The minimum absolute atomic E-state index is 0.148. The van der Waals surface area contributed by atoms with Gasteiger partial charge in [-0.1, -0.05) is 41.4 Å². The standard InChI is InChI=1S/C16H14Cl2N2/c1-11(13-7-5-12(9-19)6-8-13)20-10-14-15(17)3-2-4-16(14)18/h2-8,11,20H,10H2,1H3. The molecule has 1 atom stereocenters. The van der Waals surface area contributed by atoms with Crippen LogP contribution in [0.25, 0.3) is 0 Å². The van der Waals surface area contributed by atoms with Crippen LogP contribution >= 0.6 is 23.2 Å². The fourth-order valence-electron chi connectivity index (χ4n) is 1.92. The number of nitrogens with one attached hydrogen (secondary N) is 1. The summed E-state index contributed by atoms with van der Waals surface area (Å²) in [6.45, 7) is 2.66. The van der Waals surface area contributed by atoms with E-state index in [2.05, 4.69) is 18.3 Å². The molecule has 4 heteroatoms. The van der Waals surface area contributed by atoms with Crippen molar-refractivity contribution < 1.29 is 0 Å². The molecule has 102 valence electrons. The molecular formula is C16H14Cl2N2. The molecule has 0 bridgehead atoms. The van der Waals surface area contributed by atoms with Crippen molar-refractivity contribution >= 4 is 23.2 Å². The second kappa shape index (κ2) is 6.76. The molecule has 1 N–H and O–H groups in total. The van der Waals surface area contributed by atoms with Crippen LogP contribution in [-0.4, -0.2) is 0 Å². The zero-order chi connectivity index (χ0) is 14.5. The van der Waals surface area contributed by atoms with Crippen molar-refractivity contribution in [3.8, 4) is 6.07 Å². The van der Waals surface area contributed by atoms with E-state index in [4.69, 9.17) is 28.5 Å². The third-order valence-electron chi connectivity index (χ3n) is 3.19. The van der Waals surface area contributed by atoms with Gasteiger partial charge in [0.2, 0.25) is 0 Å². The molecule has 0 radical (unpaired) electrons. The van der Waals surface area contributed by atoms with E-state index in [-0.39, 0.29) is 6.04 Å². The van der Waals surface area contributed by atoms with Crippen molar-refractivity contribution in [2.45, 2.75) is 19.5 Å². The van der Waals surface area contributed by atoms with Crippen molar-refractivity contribution in [1.29, 1.82) is 5.26 Å². The molecule has 0 aliphatic rings. The summed E-state index contributed by atoms with van der Waals surface area (Å²) in [5, 5.41) is 13.5. The summed E-state index contributed by atoms with van der Waals surface area (Å²) in [5.41, 5.74) is 2.68. The van der Waals surface area contributed by atoms with Gasteiger partial charge in [-0.3, -0.25) is 0 Å². The highest BCUT2D eigenvalue weighted by molar-refractivity contribution is 6.35. The maximum atomic E-state index is 8.79. The topological polar surface area (TPSA) is 35.8 Å². The fourth-order valence-corrected chi connectivity index (χ4v) is 2.45. The third-order valence-corrected chi connectivity index (χ3v) is 3.89. The van der Waals surface area contributed by atoms with Crippen LogP contribution in [0.3, 0.4) is 0 Å². The second-order valence-electron chi connectivity index (χ2n) is 4.54. The molecule has 0 amide bonds. The Morgan fingerprint density at radius 2 is 1.70 bits per heavy atom. The Morgan fingerprint density at radius 3 is 2.25 bits per heavy atom. The Kier molecular flexibility index (Phi) is 5.03. The molecule has 0 aliphatic heterocycles. The van der Waals surface area contributed by atoms with E-state index in [1.54, 1.807) is 0 Å². The number of halogens is 2. The Balaban J connectivity index is 2.05. The third kappa shape index (κ3) is 3.52. The van der Waals surface area contributed by atoms with Gasteiger partial charge >= 0.3 is 0 Å². The number of benzene rings is 2. The summed E-state index contributed by atoms with van der Waals surface area (Å²) in [5.74, 6) is 0. The predicted molar refractivity (Wildman–Crippen MR) is 82.9 cm³/mol. The average molecular weight is 305 g/mol. The highest BCUT2D eigenvalue weighted by Gasteiger charge is 2.09. The van der Waals surface area contributed by atoms with Crippen molar-refractivity contribution in [3.05, 3.63) is 69.2 Å². The first-order valence-electron chi connectivity index (χ1n) is 6.28. The SMILES string of the molecule is CC(NCc1c(Cl)cccc1Cl)c1ccc(C#N)cc1. The van der Waals surface area contributed by atoms with Gasteiger partial charge in [-0.2, -0.15) is 5.26 Å². The zero-order valence-electron chi connectivity index (χ0n) is 11.0. The molecule has 20 heavy (non-hydrogen) atoms. The van der Waals surface area contributed by atoms with Crippen LogP contribution in [0.15, 0.2) is 42.5 Å². The summed E-state index contributed by atoms with van der Waals surface area (Å²) in [6, 6.07) is 15.3. The number of nitrogens with zero attached hydrogens (tertiary/aromatic N) is 1. The zero-order valence-corrected chi connectivity index (χ0v) is 12.5. The van der Waals surface area contributed by atoms with Crippen molar-refractivity contribution in [3.63, 3.8) is 0 Å². The fraction of sp³-hybridized carbons (Fsp3) is 0.188. The minimum Gasteiger partial charge on any atom is -0.306 e. The molecule has 0 heterocycles. The first kappa shape index (κ1) is 14.9. The van der Waals surface area contributed by atoms with Crippen LogP contribution in [0.4, 0.5) is 0 Å². The quantitative estimate of drug-likeness (QED) is 0.887. The van der Waals surface area contributed by atoms with Crippen LogP contribution in [0.1, 0.15) is 29.7 Å². The van der Waals surface area contributed by atoms with Crippen LogP contribution in [0.2, 0.25) is 10.0 Å². The van der Waals surface area contributed by atoms with Gasteiger partial charge in [0.25, 0.3) is 0 Å². The summed E-state index contributed by atoms with van der Waals surface area (Å²) in [7, 11) is 0. The molecule has 0 aromatic heterocycles. The summed E-state index contributed by atoms with van der Waals surface area (Å²) in [4.78, 5) is 0. The van der Waals surface area contributed by atoms with E-state index in [1.165, 1.54) is 0 Å². The van der Waals surface area contributed by atoms with Gasteiger partial charge in [0.15, 0.2) is 0 Å². The number of hydrogen-bond donors (Lipinski definition) is 1. The van der Waals surface area contributed by atoms with Crippen LogP contribution in [0.5, 0.6) is 0 Å². The molecule has 0 spiro atoms. The van der Waals surface area contributed by atoms with E-state index in [0.29, 0.717) is 22.2 Å². The Bertz CT molecular complexity index is 610. The summed E-state index contributed by atoms with van der Waals surface area (Å²) >= 11 is 12.3. The smallest absolute Gasteiger partial charge is 0.0991 e. The van der Waals surface area contributed by atoms with Gasteiger partial charge in [-0.15, -0.1) is 0 Å². The highest BCUT2D eigenvalue weighted by atomic mass is 35.5. The Morgan fingerprint density at radius 1 is 1.10 bits per heavy atom. The highest BCUT2D eigenvalue weighted by Crippen LogP contribution is 2.25. The summed E-state index contributed by atoms with van der Waals surface area (Å²) < 4.78 is 0. The number of rotatable bonds is 4. The molecule has 0 aliphatic carbocycles. The van der Waals surface area contributed by atoms with Crippen molar-refractivity contribution in [1.82, 2.24) is 5.32 Å². The van der Waals surface area contributed by atoms with E-state index < -0.39 is 0 Å². The summed E-state index contributed by atoms with van der Waals surface area (Å²) in [6.07, 6.45) is 0. The first-order valence-corrected chi connectivity index (χ1v) is 7.03. The maximum absolute atomic E-state index is 8.79. The van der Waals surface area contributed by atoms with E-state index in [1.807, 2.05) is 42.5 Å². The van der Waals surface area contributed by atoms with E-state index >= 15 is 0 Å². The normalized spacial score (nSPS) is 11.9. The molecule has 2 aromatic carbocycles. The second-order valence-corrected chi connectivity index (χ2v) is 5.35. The molecule has 2 rings (SSSR count). The molecular weight excluding hydrogens is 291 g/mol. The molecule has 1 unspecified atom stereocenters. The molecule has 0 fully saturated rings. The van der Waals surface area contributed by atoms with E-state index in [0.717, 1.165) is 11.1 Å². The molecule has 2 nitrogen and oxygen atoms in total. The average Bonchev–Trinajstić information content (AvgIpc) is 2.46. The lowest BCUT2D eigenvalue weighted by Crippen LogP contribution is -2.18. The van der Waals surface area contributed by atoms with Crippen LogP contribution in [0, 0.1) is 11.3 Å². The lowest BCUT2D eigenvalue weighted by Gasteiger charge is -2.15. The van der Waals surface area contributed by atoms with Crippen molar-refractivity contribution in [2.24, 2.45) is 0 Å². The minimum atomic E-state index is 0.148. The van der Waals surface area contributed by atoms with Gasteiger partial charge in [0.1, 0.15) is 0 Å². The molecule has 0 saturated heterocycles. The molecule has 0 saturated carbocycles. The van der Waals surface area contributed by atoms with Gasteiger partial charge in [-0.25, -0.2) is 0 Å². The maximum Gasteiger partial charge on any atom is 0.0991 e. The van der Waals surface area contributed by atoms with E-state index in [9.17, 15) is 0 Å². The van der Waals surface area contributed by atoms with Crippen molar-refractivity contribution in [2.75, 3.05) is 0 Å². The Hall–Kier alpha value is -1.53. The lowest BCUT2D eigenvalue weighted by molar-refractivity contribution is 0.575. The van der Waals surface area contributed by atoms with Gasteiger partial charge in [-0.05, 0) is 36.8 Å². The van der Waals surface area contributed by atoms with Gasteiger partial charge in [0.05, 0.1) is 11.6 Å². The van der Waals surface area contributed by atoms with Crippen LogP contribution < -0.4 is 5.32 Å².